The monoisotopic (exact) mass is 517 g/mol. The molecule has 32 heavy (non-hydrogen) atoms. The van der Waals surface area contributed by atoms with Crippen molar-refractivity contribution in [1.29, 1.82) is 0 Å². The first-order valence-corrected chi connectivity index (χ1v) is 11.1. The molecule has 1 saturated heterocycles. The minimum absolute atomic E-state index is 0.187. The highest BCUT2D eigenvalue weighted by Crippen LogP contribution is 2.37. The van der Waals surface area contributed by atoms with E-state index >= 15 is 0 Å². The van der Waals surface area contributed by atoms with E-state index in [-0.39, 0.29) is 10.1 Å². The molecule has 0 saturated carbocycles. The van der Waals surface area contributed by atoms with Gasteiger partial charge in [-0.05, 0) is 57.9 Å². The van der Waals surface area contributed by atoms with Crippen LogP contribution < -0.4 is 14.8 Å². The van der Waals surface area contributed by atoms with E-state index in [4.69, 9.17) is 9.47 Å². The molecule has 2 aromatic rings. The molecule has 10 heteroatoms. The molecule has 0 spiro atoms. The van der Waals surface area contributed by atoms with Gasteiger partial charge in [-0.15, -0.1) is 5.10 Å². The number of nitrogens with one attached hydrogen (secondary N) is 1. The molecule has 1 heterocycles. The molecule has 0 aromatic heterocycles. The summed E-state index contributed by atoms with van der Waals surface area (Å²) >= 11 is 4.53. The average molecular weight is 518 g/mol. The summed E-state index contributed by atoms with van der Waals surface area (Å²) in [4.78, 5) is 23.3. The van der Waals surface area contributed by atoms with Crippen molar-refractivity contribution in [3.8, 4) is 11.5 Å². The summed E-state index contributed by atoms with van der Waals surface area (Å²) in [5.74, 6) is 0.111. The van der Waals surface area contributed by atoms with Crippen LogP contribution in [0.3, 0.4) is 0 Å². The van der Waals surface area contributed by atoms with Crippen LogP contribution in [0.1, 0.15) is 18.1 Å². The SMILES string of the molecule is CCOc1cc(C=N/N=C2/NC(=O)/C(=C\C(=O)OC)S2)cc(Br)c1OCc1ccccc1. The maximum Gasteiger partial charge on any atom is 0.331 e. The number of esters is 1. The molecule has 0 bridgehead atoms. The molecule has 3 rings (SSSR count). The zero-order chi connectivity index (χ0) is 22.9. The first-order valence-electron chi connectivity index (χ1n) is 9.53. The summed E-state index contributed by atoms with van der Waals surface area (Å²) in [6.07, 6.45) is 2.63. The molecule has 0 radical (unpaired) electrons. The number of nitrogens with zero attached hydrogens (tertiary/aromatic N) is 2. The second-order valence-electron chi connectivity index (χ2n) is 6.27. The summed E-state index contributed by atoms with van der Waals surface area (Å²) in [6.45, 7) is 2.76. The molecule has 0 atom stereocenters. The summed E-state index contributed by atoms with van der Waals surface area (Å²) in [5, 5.41) is 10.8. The molecule has 1 aliphatic heterocycles. The van der Waals surface area contributed by atoms with Crippen molar-refractivity contribution in [2.45, 2.75) is 13.5 Å². The minimum atomic E-state index is -0.615. The lowest BCUT2D eigenvalue weighted by molar-refractivity contribution is -0.135. The Hall–Kier alpha value is -3.11. The van der Waals surface area contributed by atoms with E-state index in [1.165, 1.54) is 13.3 Å². The molecule has 0 aliphatic carbocycles. The topological polar surface area (TPSA) is 98.6 Å². The number of amides is 1. The lowest BCUT2D eigenvalue weighted by Crippen LogP contribution is -2.19. The number of amidine groups is 1. The molecule has 2 aromatic carbocycles. The quantitative estimate of drug-likeness (QED) is 0.245. The van der Waals surface area contributed by atoms with Gasteiger partial charge in [-0.3, -0.25) is 10.1 Å². The van der Waals surface area contributed by atoms with E-state index in [0.29, 0.717) is 29.2 Å². The number of ether oxygens (including phenoxy) is 3. The van der Waals surface area contributed by atoms with Gasteiger partial charge in [0.05, 0.1) is 29.3 Å². The smallest absolute Gasteiger partial charge is 0.331 e. The summed E-state index contributed by atoms with van der Waals surface area (Å²) < 4.78 is 16.9. The Morgan fingerprint density at radius 2 is 2.00 bits per heavy atom. The third kappa shape index (κ3) is 6.44. The van der Waals surface area contributed by atoms with Crippen molar-refractivity contribution in [2.24, 2.45) is 10.2 Å². The van der Waals surface area contributed by atoms with Gasteiger partial charge in [-0.1, -0.05) is 30.3 Å². The highest BCUT2D eigenvalue weighted by Gasteiger charge is 2.25. The zero-order valence-corrected chi connectivity index (χ0v) is 19.7. The zero-order valence-electron chi connectivity index (χ0n) is 17.3. The lowest BCUT2D eigenvalue weighted by atomic mass is 10.2. The van der Waals surface area contributed by atoms with Crippen LogP contribution in [0.2, 0.25) is 0 Å². The van der Waals surface area contributed by atoms with Gasteiger partial charge < -0.3 is 14.2 Å². The van der Waals surface area contributed by atoms with Gasteiger partial charge in [0.25, 0.3) is 5.91 Å². The van der Waals surface area contributed by atoms with Crippen LogP contribution in [0.5, 0.6) is 11.5 Å². The summed E-state index contributed by atoms with van der Waals surface area (Å²) in [6, 6.07) is 13.5. The van der Waals surface area contributed by atoms with E-state index in [0.717, 1.165) is 29.0 Å². The Morgan fingerprint density at radius 1 is 1.22 bits per heavy atom. The Labute approximate surface area is 197 Å². The maximum atomic E-state index is 11.9. The number of rotatable bonds is 8. The molecule has 1 N–H and O–H groups in total. The first kappa shape index (κ1) is 23.6. The summed E-state index contributed by atoms with van der Waals surface area (Å²) in [5.41, 5.74) is 1.76. The number of carbonyl (C=O) groups is 2. The minimum Gasteiger partial charge on any atom is -0.490 e. The Balaban J connectivity index is 1.73. The Kier molecular flexibility index (Phi) is 8.46. The van der Waals surface area contributed by atoms with Gasteiger partial charge in [0, 0.05) is 6.08 Å². The van der Waals surface area contributed by atoms with Crippen LogP contribution in [-0.2, 0) is 20.9 Å². The van der Waals surface area contributed by atoms with Gasteiger partial charge in [0.15, 0.2) is 16.7 Å². The van der Waals surface area contributed by atoms with E-state index < -0.39 is 11.9 Å². The number of hydrogen-bond donors (Lipinski definition) is 1. The van der Waals surface area contributed by atoms with E-state index in [1.54, 1.807) is 6.07 Å². The van der Waals surface area contributed by atoms with Gasteiger partial charge in [0.1, 0.15) is 6.61 Å². The van der Waals surface area contributed by atoms with E-state index in [2.05, 4.69) is 36.2 Å². The number of halogens is 1. The molecular weight excluding hydrogens is 498 g/mol. The van der Waals surface area contributed by atoms with Crippen LogP contribution in [-0.4, -0.2) is 37.0 Å². The normalized spacial score (nSPS) is 15.9. The maximum absolute atomic E-state index is 11.9. The number of thioether (sulfide) groups is 1. The van der Waals surface area contributed by atoms with Crippen LogP contribution in [0.15, 0.2) is 68.1 Å². The van der Waals surface area contributed by atoms with Crippen molar-refractivity contribution < 1.29 is 23.8 Å². The molecule has 1 aliphatic rings. The lowest BCUT2D eigenvalue weighted by Gasteiger charge is -2.14. The van der Waals surface area contributed by atoms with Gasteiger partial charge in [-0.2, -0.15) is 5.10 Å². The van der Waals surface area contributed by atoms with Gasteiger partial charge in [0.2, 0.25) is 0 Å². The Morgan fingerprint density at radius 3 is 2.72 bits per heavy atom. The summed E-state index contributed by atoms with van der Waals surface area (Å²) in [7, 11) is 1.24. The molecule has 0 unspecified atom stereocenters. The van der Waals surface area contributed by atoms with Gasteiger partial charge in [-0.25, -0.2) is 4.79 Å². The third-order valence-electron chi connectivity index (χ3n) is 4.01. The molecule has 8 nitrogen and oxygen atoms in total. The molecule has 1 amide bonds. The fourth-order valence-electron chi connectivity index (χ4n) is 2.58. The predicted molar refractivity (Wildman–Crippen MR) is 127 cm³/mol. The number of benzene rings is 2. The van der Waals surface area contributed by atoms with Crippen LogP contribution in [0.4, 0.5) is 0 Å². The van der Waals surface area contributed by atoms with Crippen LogP contribution >= 0.6 is 27.7 Å². The van der Waals surface area contributed by atoms with Crippen molar-refractivity contribution >= 4 is 51.0 Å². The fourth-order valence-corrected chi connectivity index (χ4v) is 3.90. The van der Waals surface area contributed by atoms with Gasteiger partial charge >= 0.3 is 5.97 Å². The third-order valence-corrected chi connectivity index (χ3v) is 5.50. The standard InChI is InChI=1S/C22H20BrN3O5S/c1-3-30-17-10-15(9-16(23)20(17)31-13-14-7-5-4-6-8-14)12-24-26-22-25-21(28)18(32-22)11-19(27)29-2/h4-12H,3,13H2,1-2H3,(H,25,26,28)/b18-11+,24-12?. The molecular formula is C22H20BrN3O5S. The number of hydrogen-bond acceptors (Lipinski definition) is 8. The molecule has 1 fully saturated rings. The Bertz CT molecular complexity index is 1090. The molecule has 166 valence electrons. The second-order valence-corrected chi connectivity index (χ2v) is 8.16. The largest absolute Gasteiger partial charge is 0.490 e. The number of methoxy groups -OCH3 is 1. The van der Waals surface area contributed by atoms with E-state index in [9.17, 15) is 9.59 Å². The van der Waals surface area contributed by atoms with Crippen molar-refractivity contribution in [3.63, 3.8) is 0 Å². The number of carbonyl (C=O) groups excluding carboxylic acids is 2. The van der Waals surface area contributed by atoms with Crippen molar-refractivity contribution in [3.05, 3.63) is 69.0 Å². The fraction of sp³-hybridized carbons (Fsp3) is 0.182. The first-order chi connectivity index (χ1) is 15.5. The van der Waals surface area contributed by atoms with Crippen LogP contribution in [0, 0.1) is 0 Å². The van der Waals surface area contributed by atoms with E-state index in [1.807, 2.05) is 43.3 Å². The highest BCUT2D eigenvalue weighted by molar-refractivity contribution is 9.10. The highest BCUT2D eigenvalue weighted by atomic mass is 79.9. The second kappa shape index (κ2) is 11.5. The van der Waals surface area contributed by atoms with Crippen LogP contribution in [0.25, 0.3) is 0 Å². The average Bonchev–Trinajstić information content (AvgIpc) is 3.12. The van der Waals surface area contributed by atoms with Crippen molar-refractivity contribution in [1.82, 2.24) is 5.32 Å². The predicted octanol–water partition coefficient (Wildman–Crippen LogP) is 4.04. The van der Waals surface area contributed by atoms with Crippen molar-refractivity contribution in [2.75, 3.05) is 13.7 Å².